The minimum absolute atomic E-state index is 0.345. The summed E-state index contributed by atoms with van der Waals surface area (Å²) >= 11 is 0. The van der Waals surface area contributed by atoms with Crippen LogP contribution in [0.3, 0.4) is 0 Å². The van der Waals surface area contributed by atoms with Gasteiger partial charge in [0.05, 0.1) is 0 Å². The van der Waals surface area contributed by atoms with Crippen molar-refractivity contribution in [3.05, 3.63) is 114 Å². The van der Waals surface area contributed by atoms with Gasteiger partial charge < -0.3 is 10.1 Å². The zero-order valence-corrected chi connectivity index (χ0v) is 16.3. The second kappa shape index (κ2) is 9.05. The molecule has 0 aliphatic rings. The van der Waals surface area contributed by atoms with Crippen LogP contribution in [0.2, 0.25) is 0 Å². The van der Waals surface area contributed by atoms with Gasteiger partial charge in [-0.05, 0) is 34.0 Å². The van der Waals surface area contributed by atoms with Crippen molar-refractivity contribution >= 4 is 28.3 Å². The molecule has 4 aromatic rings. The van der Waals surface area contributed by atoms with Gasteiger partial charge in [0.1, 0.15) is 5.92 Å². The van der Waals surface area contributed by atoms with Crippen molar-refractivity contribution in [2.75, 3.05) is 11.9 Å². The van der Waals surface area contributed by atoms with E-state index in [1.165, 1.54) is 0 Å². The molecule has 4 heteroatoms. The third-order valence-corrected chi connectivity index (χ3v) is 4.88. The minimum atomic E-state index is -0.583. The lowest BCUT2D eigenvalue weighted by Crippen LogP contribution is -2.24. The van der Waals surface area contributed by atoms with Gasteiger partial charge in [0, 0.05) is 5.69 Å². The maximum atomic E-state index is 12.9. The number of benzene rings is 4. The molecule has 0 bridgehead atoms. The highest BCUT2D eigenvalue weighted by atomic mass is 16.5. The molecule has 0 saturated heterocycles. The fourth-order valence-electron chi connectivity index (χ4n) is 3.44. The lowest BCUT2D eigenvalue weighted by atomic mass is 9.91. The highest BCUT2D eigenvalue weighted by molar-refractivity contribution is 5.96. The molecule has 0 fully saturated rings. The topological polar surface area (TPSA) is 55.4 Å². The summed E-state index contributed by atoms with van der Waals surface area (Å²) in [5.41, 5.74) is 2.31. The summed E-state index contributed by atoms with van der Waals surface area (Å²) in [7, 11) is 0. The predicted octanol–water partition coefficient (Wildman–Crippen LogP) is 5.15. The van der Waals surface area contributed by atoms with Crippen LogP contribution in [0.25, 0.3) is 10.8 Å². The van der Waals surface area contributed by atoms with Crippen LogP contribution in [0.5, 0.6) is 0 Å². The van der Waals surface area contributed by atoms with Gasteiger partial charge in [0.2, 0.25) is 0 Å². The Bertz CT molecular complexity index is 1120. The summed E-state index contributed by atoms with van der Waals surface area (Å²) < 4.78 is 5.38. The van der Waals surface area contributed by atoms with E-state index in [4.69, 9.17) is 4.74 Å². The van der Waals surface area contributed by atoms with Crippen LogP contribution in [-0.2, 0) is 14.3 Å². The van der Waals surface area contributed by atoms with Gasteiger partial charge in [0.25, 0.3) is 5.91 Å². The number of esters is 1. The number of carbonyl (C=O) groups excluding carboxylic acids is 2. The van der Waals surface area contributed by atoms with E-state index in [1.807, 2.05) is 103 Å². The molecule has 0 unspecified atom stereocenters. The van der Waals surface area contributed by atoms with E-state index in [9.17, 15) is 9.59 Å². The molecule has 0 spiro atoms. The number of rotatable bonds is 6. The fraction of sp³-hybridized carbons (Fsp3) is 0.0769. The molecule has 1 amide bonds. The zero-order chi connectivity index (χ0) is 20.8. The van der Waals surface area contributed by atoms with Crippen molar-refractivity contribution in [1.29, 1.82) is 0 Å². The van der Waals surface area contributed by atoms with Gasteiger partial charge in [0.15, 0.2) is 6.61 Å². The highest BCUT2D eigenvalue weighted by Crippen LogP contribution is 2.26. The third kappa shape index (κ3) is 4.55. The van der Waals surface area contributed by atoms with Crippen molar-refractivity contribution in [1.82, 2.24) is 0 Å². The summed E-state index contributed by atoms with van der Waals surface area (Å²) in [5, 5.41) is 4.91. The molecule has 0 saturated carbocycles. The van der Waals surface area contributed by atoms with Crippen molar-refractivity contribution in [3.63, 3.8) is 0 Å². The molecular formula is C26H21NO3. The number of carbonyl (C=O) groups is 2. The number of anilines is 1. The monoisotopic (exact) mass is 395 g/mol. The second-order valence-electron chi connectivity index (χ2n) is 6.97. The number of fused-ring (bicyclic) bond motifs is 1. The van der Waals surface area contributed by atoms with Gasteiger partial charge in [-0.1, -0.05) is 91.0 Å². The normalized spacial score (nSPS) is 10.7. The van der Waals surface area contributed by atoms with Crippen LogP contribution in [0.4, 0.5) is 5.69 Å². The number of hydrogen-bond donors (Lipinski definition) is 1. The average Bonchev–Trinajstić information content (AvgIpc) is 2.79. The zero-order valence-electron chi connectivity index (χ0n) is 16.3. The van der Waals surface area contributed by atoms with Gasteiger partial charge in [-0.2, -0.15) is 0 Å². The Morgan fingerprint density at radius 2 is 1.27 bits per heavy atom. The Morgan fingerprint density at radius 1 is 0.700 bits per heavy atom. The first-order valence-corrected chi connectivity index (χ1v) is 9.76. The smallest absolute Gasteiger partial charge is 0.318 e. The molecule has 0 aliphatic heterocycles. The molecule has 0 aromatic heterocycles. The first-order valence-electron chi connectivity index (χ1n) is 9.76. The first-order chi connectivity index (χ1) is 14.7. The lowest BCUT2D eigenvalue weighted by Gasteiger charge is -2.17. The average molecular weight is 395 g/mol. The molecule has 148 valence electrons. The third-order valence-electron chi connectivity index (χ3n) is 4.88. The molecule has 4 aromatic carbocycles. The van der Waals surface area contributed by atoms with Crippen LogP contribution in [0.15, 0.2) is 103 Å². The fourth-order valence-corrected chi connectivity index (χ4v) is 3.44. The van der Waals surface area contributed by atoms with E-state index >= 15 is 0 Å². The summed E-state index contributed by atoms with van der Waals surface area (Å²) in [6, 6.07) is 32.4. The Kier molecular flexibility index (Phi) is 5.85. The molecule has 0 atom stereocenters. The summed E-state index contributed by atoms with van der Waals surface area (Å²) in [4.78, 5) is 25.2. The van der Waals surface area contributed by atoms with Crippen LogP contribution >= 0.6 is 0 Å². The maximum absolute atomic E-state index is 12.9. The van der Waals surface area contributed by atoms with Crippen molar-refractivity contribution < 1.29 is 14.3 Å². The van der Waals surface area contributed by atoms with Crippen molar-refractivity contribution in [3.8, 4) is 0 Å². The SMILES string of the molecule is O=C(COC(=O)C(c1ccccc1)c1ccccc1)Nc1ccc2ccccc2c1. The Morgan fingerprint density at radius 3 is 1.90 bits per heavy atom. The molecule has 0 aliphatic carbocycles. The molecule has 0 radical (unpaired) electrons. The second-order valence-corrected chi connectivity index (χ2v) is 6.97. The van der Waals surface area contributed by atoms with Crippen LogP contribution < -0.4 is 5.32 Å². The number of ether oxygens (including phenoxy) is 1. The molecule has 30 heavy (non-hydrogen) atoms. The van der Waals surface area contributed by atoms with Crippen LogP contribution in [-0.4, -0.2) is 18.5 Å². The predicted molar refractivity (Wildman–Crippen MR) is 118 cm³/mol. The summed E-state index contributed by atoms with van der Waals surface area (Å²) in [6.07, 6.45) is 0. The van der Waals surface area contributed by atoms with Crippen LogP contribution in [0.1, 0.15) is 17.0 Å². The maximum Gasteiger partial charge on any atom is 0.318 e. The van der Waals surface area contributed by atoms with E-state index in [1.54, 1.807) is 0 Å². The highest BCUT2D eigenvalue weighted by Gasteiger charge is 2.24. The molecule has 1 N–H and O–H groups in total. The van der Waals surface area contributed by atoms with E-state index in [-0.39, 0.29) is 12.5 Å². The van der Waals surface area contributed by atoms with Gasteiger partial charge in [-0.25, -0.2) is 0 Å². The number of nitrogens with one attached hydrogen (secondary N) is 1. The van der Waals surface area contributed by atoms with Crippen molar-refractivity contribution in [2.45, 2.75) is 5.92 Å². The quantitative estimate of drug-likeness (QED) is 0.459. The summed E-state index contributed by atoms with van der Waals surface area (Å²) in [5.74, 6) is -1.42. The first kappa shape index (κ1) is 19.4. The molecule has 4 rings (SSSR count). The minimum Gasteiger partial charge on any atom is -0.455 e. The van der Waals surface area contributed by atoms with Crippen molar-refractivity contribution in [2.24, 2.45) is 0 Å². The van der Waals surface area contributed by atoms with Gasteiger partial charge in [-0.3, -0.25) is 9.59 Å². The van der Waals surface area contributed by atoms with E-state index in [0.717, 1.165) is 21.9 Å². The molecular weight excluding hydrogens is 374 g/mol. The molecule has 4 nitrogen and oxygen atoms in total. The Hall–Kier alpha value is -3.92. The number of amides is 1. The van der Waals surface area contributed by atoms with E-state index in [0.29, 0.717) is 5.69 Å². The van der Waals surface area contributed by atoms with Crippen LogP contribution in [0, 0.1) is 0 Å². The Balaban J connectivity index is 1.44. The van der Waals surface area contributed by atoms with E-state index in [2.05, 4.69) is 5.32 Å². The largest absolute Gasteiger partial charge is 0.455 e. The lowest BCUT2D eigenvalue weighted by molar-refractivity contribution is -0.147. The number of hydrogen-bond acceptors (Lipinski definition) is 3. The molecule has 0 heterocycles. The summed E-state index contributed by atoms with van der Waals surface area (Å²) in [6.45, 7) is -0.345. The standard InChI is InChI=1S/C26H21NO3/c28-24(27-23-16-15-19-9-7-8-14-22(19)17-23)18-30-26(29)25(20-10-3-1-4-11-20)21-12-5-2-6-13-21/h1-17,25H,18H2,(H,27,28). The Labute approximate surface area is 175 Å². The van der Waals surface area contributed by atoms with Gasteiger partial charge >= 0.3 is 5.97 Å². The van der Waals surface area contributed by atoms with E-state index < -0.39 is 11.9 Å². The van der Waals surface area contributed by atoms with Gasteiger partial charge in [-0.15, -0.1) is 0 Å².